The number of ether oxygens (including phenoxy) is 10. The zero-order valence-corrected chi connectivity index (χ0v) is 52.6. The summed E-state index contributed by atoms with van der Waals surface area (Å²) >= 11 is 0. The lowest BCUT2D eigenvalue weighted by Crippen LogP contribution is -2.79. The molecule has 27 nitrogen and oxygen atoms in total. The third kappa shape index (κ3) is 11.6. The molecule has 4 unspecified atom stereocenters. The summed E-state index contributed by atoms with van der Waals surface area (Å²) in [6.07, 6.45) is -34.0. The van der Waals surface area contributed by atoms with Gasteiger partial charge in [-0.3, -0.25) is 0 Å². The molecule has 14 N–H and O–H groups in total. The number of aliphatic hydroxyl groups excluding tert-OH is 13. The second kappa shape index (κ2) is 26.0. The Labute approximate surface area is 517 Å². The van der Waals surface area contributed by atoms with Gasteiger partial charge in [-0.15, -0.1) is 0 Å². The van der Waals surface area contributed by atoms with Crippen LogP contribution in [0.15, 0.2) is 23.3 Å². The van der Waals surface area contributed by atoms with Crippen molar-refractivity contribution in [3.8, 4) is 0 Å². The fourth-order valence-electron chi connectivity index (χ4n) is 18.1. The summed E-state index contributed by atoms with van der Waals surface area (Å²) in [4.78, 5) is 40.8. The Morgan fingerprint density at radius 2 is 1.12 bits per heavy atom. The lowest BCUT2D eigenvalue weighted by Gasteiger charge is -2.75. The van der Waals surface area contributed by atoms with Crippen LogP contribution in [-0.4, -0.2) is 257 Å². The maximum atomic E-state index is 13.9. The maximum absolute atomic E-state index is 13.9. The number of carbonyl (C=O) groups is 3. The average molecular weight is 1280 g/mol. The highest BCUT2D eigenvalue weighted by atomic mass is 16.8. The minimum absolute atomic E-state index is 0.121. The van der Waals surface area contributed by atoms with Crippen LogP contribution in [0.2, 0.25) is 0 Å². The number of hydrogen-bond acceptors (Lipinski definition) is 26. The predicted molar refractivity (Wildman–Crippen MR) is 303 cm³/mol. The maximum Gasteiger partial charge on any atom is 0.335 e. The zero-order chi connectivity index (χ0) is 65.7. The van der Waals surface area contributed by atoms with Crippen molar-refractivity contribution in [2.24, 2.45) is 56.2 Å². The van der Waals surface area contributed by atoms with Crippen molar-refractivity contribution in [2.45, 2.75) is 262 Å². The molecule has 508 valence electrons. The molecule has 0 amide bonds. The molecule has 9 aliphatic rings. The Balaban J connectivity index is 1.04. The normalized spacial score (nSPS) is 50.7. The molecule has 5 saturated carbocycles. The molecule has 89 heavy (non-hydrogen) atoms. The van der Waals surface area contributed by atoms with E-state index in [0.717, 1.165) is 0 Å². The Morgan fingerprint density at radius 1 is 0.551 bits per heavy atom. The molecule has 4 aliphatic heterocycles. The van der Waals surface area contributed by atoms with Crippen LogP contribution in [0.5, 0.6) is 0 Å². The van der Waals surface area contributed by atoms with E-state index in [2.05, 4.69) is 13.8 Å². The van der Waals surface area contributed by atoms with Crippen LogP contribution in [0.25, 0.3) is 0 Å². The molecule has 5 aliphatic carbocycles. The molecule has 0 aromatic carbocycles. The molecule has 0 bridgehead atoms. The Kier molecular flexibility index (Phi) is 20.5. The van der Waals surface area contributed by atoms with Crippen LogP contribution < -0.4 is 0 Å². The summed E-state index contributed by atoms with van der Waals surface area (Å²) in [7, 11) is 0. The Hall–Kier alpha value is -2.95. The van der Waals surface area contributed by atoms with E-state index in [4.69, 9.17) is 47.4 Å². The summed E-state index contributed by atoms with van der Waals surface area (Å²) in [5.74, 6) is -4.31. The molecule has 4 saturated heterocycles. The number of aliphatic hydroxyl groups is 13. The number of carboxylic acids is 1. The number of esters is 2. The van der Waals surface area contributed by atoms with E-state index in [9.17, 15) is 85.9 Å². The summed E-state index contributed by atoms with van der Waals surface area (Å²) in [5.41, 5.74) is -5.10. The molecule has 9 rings (SSSR count). The molecule has 0 spiro atoms. The molecule has 0 radical (unpaired) electrons. The fourth-order valence-corrected chi connectivity index (χ4v) is 18.1. The predicted octanol–water partition coefficient (Wildman–Crippen LogP) is -1.19. The number of carboxylic acid groups (broad SMARTS) is 1. The standard InChI is InChI=1S/C62H98O27/c1-12-25(3)51(78)88-48-49(89-52(79)26(4)13-2)62(24-64)28(20-57(48,5)6)27-14-15-33-59(9)18-17-34(58(7,8)32(59)16-19-60(33,10)61(27,11)46(74)47(62)75)83-56-45(87-54-40(72)38(70)37(69)31(21-63)82-54)42(41(73)43(85-56)50(76)77)84-55-44(36(68)30(66)23-81-55)86-53-39(71)35(67)29(65)22-80-53/h12-13,27-49,53-56,63-75H,14-24H2,1-11H3,(H,76,77)/b25-12-,26-13-/t27?,28?,29-,30+,31-,32?,33?,34+,35+,36+,37+,38+,39-,40-,41+,42+,43+,44-,45-,46+,47-,48+,49+,53+,54+,55+,56-,59+,60-,61+,62+/m1/s1. The van der Waals surface area contributed by atoms with Gasteiger partial charge in [-0.1, -0.05) is 60.6 Å². The summed E-state index contributed by atoms with van der Waals surface area (Å²) in [6, 6.07) is 0. The van der Waals surface area contributed by atoms with Crippen LogP contribution in [0, 0.1) is 56.2 Å². The van der Waals surface area contributed by atoms with Crippen molar-refractivity contribution in [3.63, 3.8) is 0 Å². The van der Waals surface area contributed by atoms with Gasteiger partial charge in [-0.05, 0) is 113 Å². The number of rotatable bonds is 15. The van der Waals surface area contributed by atoms with Gasteiger partial charge in [0.2, 0.25) is 0 Å². The fraction of sp³-hybridized carbons (Fsp3) is 0.887. The van der Waals surface area contributed by atoms with E-state index >= 15 is 0 Å². The topological polar surface area (TPSA) is 427 Å². The van der Waals surface area contributed by atoms with Crippen LogP contribution >= 0.6 is 0 Å². The van der Waals surface area contributed by atoms with Gasteiger partial charge in [-0.25, -0.2) is 14.4 Å². The second-order valence-corrected chi connectivity index (χ2v) is 28.8. The van der Waals surface area contributed by atoms with Gasteiger partial charge in [0.15, 0.2) is 37.4 Å². The first-order valence-corrected chi connectivity index (χ1v) is 31.4. The lowest BCUT2D eigenvalue weighted by molar-refractivity contribution is -0.399. The first-order chi connectivity index (χ1) is 41.6. The van der Waals surface area contributed by atoms with Gasteiger partial charge in [0.05, 0.1) is 50.2 Å². The van der Waals surface area contributed by atoms with Crippen LogP contribution in [0.4, 0.5) is 0 Å². The first kappa shape index (κ1) is 70.4. The molecule has 4 heterocycles. The largest absolute Gasteiger partial charge is 0.479 e. The third-order valence-corrected chi connectivity index (χ3v) is 23.6. The van der Waals surface area contributed by atoms with E-state index in [1.807, 2.05) is 34.6 Å². The summed E-state index contributed by atoms with van der Waals surface area (Å²) in [6.45, 7) is 18.1. The number of carbonyl (C=O) groups excluding carboxylic acids is 2. The highest BCUT2D eigenvalue weighted by Crippen LogP contribution is 2.77. The van der Waals surface area contributed by atoms with E-state index in [-0.39, 0.29) is 29.7 Å². The molecule has 0 aromatic heterocycles. The summed E-state index contributed by atoms with van der Waals surface area (Å²) < 4.78 is 61.3. The van der Waals surface area contributed by atoms with Gasteiger partial charge < -0.3 is 119 Å². The Morgan fingerprint density at radius 3 is 1.72 bits per heavy atom. The molecule has 31 atom stereocenters. The first-order valence-electron chi connectivity index (χ1n) is 31.4. The number of fused-ring (bicyclic) bond motifs is 7. The van der Waals surface area contributed by atoms with E-state index in [0.29, 0.717) is 44.1 Å². The van der Waals surface area contributed by atoms with Crippen molar-refractivity contribution in [1.29, 1.82) is 0 Å². The quantitative estimate of drug-likeness (QED) is 0.0520. The van der Waals surface area contributed by atoms with Crippen molar-refractivity contribution < 1.29 is 133 Å². The minimum Gasteiger partial charge on any atom is -0.479 e. The lowest BCUT2D eigenvalue weighted by atomic mass is 9.30. The highest BCUT2D eigenvalue weighted by molar-refractivity contribution is 5.89. The van der Waals surface area contributed by atoms with E-state index in [1.165, 1.54) is 0 Å². The summed E-state index contributed by atoms with van der Waals surface area (Å²) in [5, 5.41) is 158. The van der Waals surface area contributed by atoms with Crippen molar-refractivity contribution in [2.75, 3.05) is 26.4 Å². The van der Waals surface area contributed by atoms with E-state index < -0.39 is 224 Å². The average Bonchev–Trinajstić information content (AvgIpc) is 0.677. The zero-order valence-electron chi connectivity index (χ0n) is 52.6. The van der Waals surface area contributed by atoms with Gasteiger partial charge >= 0.3 is 17.9 Å². The van der Waals surface area contributed by atoms with Crippen molar-refractivity contribution in [1.82, 2.24) is 0 Å². The van der Waals surface area contributed by atoms with Gasteiger partial charge in [0.25, 0.3) is 0 Å². The third-order valence-electron chi connectivity index (χ3n) is 23.6. The molecule has 0 aromatic rings. The number of hydrogen-bond donors (Lipinski definition) is 14. The molecular weight excluding hydrogens is 1180 g/mol. The number of aliphatic carboxylic acids is 1. The SMILES string of the molecule is C/C=C(/C)C(=O)O[C@H]1[C@H](OC(=O)/C(C)=C\C)[C@@]2(CO)C(CC1(C)C)C1CCC3[C@@]4(C)CC[C@H](O[C@@H]5O[C@H](C(=O)O)[C@@H](O)[C@H](O[C@@H]6OC[C@H](O)[C@H](O)[C@H]6O[C@@H]6OC[C@@H](O)[C@H](O)[C@H]6O)[C@H]5O[C@@H]5O[C@H](CO)[C@H](O)[C@H](O)[C@H]5O)C(C)(C)C4CC[C@@]3(C)[C@]1(C)[C@@H](O)[C@H]2O. The smallest absolute Gasteiger partial charge is 0.335 e. The van der Waals surface area contributed by atoms with Gasteiger partial charge in [0, 0.05) is 22.0 Å². The monoisotopic (exact) mass is 1270 g/mol. The van der Waals surface area contributed by atoms with Crippen LogP contribution in [-0.2, 0) is 61.8 Å². The van der Waals surface area contributed by atoms with Crippen molar-refractivity contribution in [3.05, 3.63) is 23.3 Å². The van der Waals surface area contributed by atoms with Crippen LogP contribution in [0.1, 0.15) is 121 Å². The molecule has 9 fully saturated rings. The Bertz CT molecular complexity index is 2600. The minimum atomic E-state index is -2.23. The van der Waals surface area contributed by atoms with Crippen LogP contribution in [0.3, 0.4) is 0 Å². The van der Waals surface area contributed by atoms with Gasteiger partial charge in [-0.2, -0.15) is 0 Å². The van der Waals surface area contributed by atoms with E-state index in [1.54, 1.807) is 39.8 Å². The highest BCUT2D eigenvalue weighted by Gasteiger charge is 2.78. The molecular formula is C62H98O27. The second-order valence-electron chi connectivity index (χ2n) is 28.8. The van der Waals surface area contributed by atoms with Crippen molar-refractivity contribution >= 4 is 17.9 Å². The van der Waals surface area contributed by atoms with Gasteiger partial charge in [0.1, 0.15) is 85.5 Å². The number of allylic oxidation sites excluding steroid dienone is 2. The molecule has 27 heteroatoms.